The molecular formula is C20H27N2O2+. The topological polar surface area (TPSA) is 34.0 Å². The Bertz CT molecular complexity index is 617. The molecule has 0 spiro atoms. The Kier molecular flexibility index (Phi) is 4.31. The van der Waals surface area contributed by atoms with Crippen molar-refractivity contribution >= 4 is 5.91 Å². The quantitative estimate of drug-likeness (QED) is 0.845. The predicted molar refractivity (Wildman–Crippen MR) is 93.3 cm³/mol. The van der Waals surface area contributed by atoms with Gasteiger partial charge in [-0.3, -0.25) is 4.79 Å². The molecule has 2 fully saturated rings. The van der Waals surface area contributed by atoms with E-state index in [2.05, 4.69) is 12.2 Å². The van der Waals surface area contributed by atoms with Gasteiger partial charge in [-0.05, 0) is 48.9 Å². The maximum Gasteiger partial charge on any atom is 0.254 e. The summed E-state index contributed by atoms with van der Waals surface area (Å²) in [6.45, 7) is 5.20. The second-order valence-electron chi connectivity index (χ2n) is 7.52. The highest BCUT2D eigenvalue weighted by Gasteiger charge is 2.38. The van der Waals surface area contributed by atoms with Crippen LogP contribution in [0.15, 0.2) is 36.4 Å². The average Bonchev–Trinajstić information content (AvgIpc) is 3.25. The van der Waals surface area contributed by atoms with Crippen molar-refractivity contribution in [3.8, 4) is 5.75 Å². The number of quaternary nitrogens is 1. The number of methoxy groups -OCH3 is 1. The first kappa shape index (κ1) is 15.7. The number of fused-ring (bicyclic) bond motifs is 2. The maximum absolute atomic E-state index is 12.6. The Labute approximate surface area is 144 Å². The van der Waals surface area contributed by atoms with E-state index >= 15 is 0 Å². The molecule has 4 nitrogen and oxygen atoms in total. The highest BCUT2D eigenvalue weighted by atomic mass is 16.5. The minimum atomic E-state index is 0.152. The highest BCUT2D eigenvalue weighted by Crippen LogP contribution is 2.42. The van der Waals surface area contributed by atoms with Crippen molar-refractivity contribution in [3.05, 3.63) is 42.0 Å². The van der Waals surface area contributed by atoms with Crippen molar-refractivity contribution in [2.75, 3.05) is 39.8 Å². The molecule has 3 aliphatic rings. The fraction of sp³-hybridized carbons (Fsp3) is 0.550. The third kappa shape index (κ3) is 3.07. The van der Waals surface area contributed by atoms with Gasteiger partial charge in [-0.25, -0.2) is 0 Å². The molecular weight excluding hydrogens is 300 g/mol. The molecule has 1 amide bonds. The normalized spacial score (nSPS) is 29.2. The summed E-state index contributed by atoms with van der Waals surface area (Å²) in [5.41, 5.74) is 0.762. The molecule has 1 heterocycles. The van der Waals surface area contributed by atoms with Crippen LogP contribution in [0.5, 0.6) is 5.75 Å². The second kappa shape index (κ2) is 6.60. The Morgan fingerprint density at radius 2 is 1.92 bits per heavy atom. The van der Waals surface area contributed by atoms with Crippen LogP contribution in [0.1, 0.15) is 23.2 Å². The molecule has 2 bridgehead atoms. The summed E-state index contributed by atoms with van der Waals surface area (Å²) in [4.78, 5) is 16.3. The molecule has 1 aromatic rings. The summed E-state index contributed by atoms with van der Waals surface area (Å²) in [5, 5.41) is 0. The van der Waals surface area contributed by atoms with E-state index in [1.165, 1.54) is 19.4 Å². The van der Waals surface area contributed by atoms with Crippen LogP contribution in [0, 0.1) is 17.8 Å². The summed E-state index contributed by atoms with van der Waals surface area (Å²) >= 11 is 0. The average molecular weight is 327 g/mol. The molecule has 2 aliphatic carbocycles. The van der Waals surface area contributed by atoms with Crippen molar-refractivity contribution in [2.45, 2.75) is 12.8 Å². The van der Waals surface area contributed by atoms with E-state index in [0.717, 1.165) is 55.2 Å². The van der Waals surface area contributed by atoms with E-state index < -0.39 is 0 Å². The van der Waals surface area contributed by atoms with Crippen LogP contribution in [-0.2, 0) is 0 Å². The highest BCUT2D eigenvalue weighted by molar-refractivity contribution is 5.94. The second-order valence-corrected chi connectivity index (χ2v) is 7.52. The van der Waals surface area contributed by atoms with Crippen molar-refractivity contribution in [1.82, 2.24) is 4.90 Å². The SMILES string of the molecule is COc1ccc(C(=O)N2CC[NH+](C[C@H]3C[C@@H]4C=C[C@H]3C4)CC2)cc1. The van der Waals surface area contributed by atoms with Crippen LogP contribution < -0.4 is 9.64 Å². The molecule has 1 N–H and O–H groups in total. The molecule has 0 unspecified atom stereocenters. The third-order valence-electron chi connectivity index (χ3n) is 6.06. The van der Waals surface area contributed by atoms with Crippen LogP contribution in [0.25, 0.3) is 0 Å². The maximum atomic E-state index is 12.6. The van der Waals surface area contributed by atoms with Gasteiger partial charge in [-0.2, -0.15) is 0 Å². The standard InChI is InChI=1S/C20H26N2O2/c1-24-19-6-4-16(5-7-19)20(23)22-10-8-21(9-11-22)14-18-13-15-2-3-17(18)12-15/h2-7,15,17-18H,8-14H2,1H3/p+1/t15-,17+,18-/m1/s1. The van der Waals surface area contributed by atoms with Crippen molar-refractivity contribution in [3.63, 3.8) is 0 Å². The van der Waals surface area contributed by atoms with Gasteiger partial charge < -0.3 is 14.5 Å². The van der Waals surface area contributed by atoms with Gasteiger partial charge in [-0.15, -0.1) is 0 Å². The molecule has 0 radical (unpaired) electrons. The molecule has 24 heavy (non-hydrogen) atoms. The lowest BCUT2D eigenvalue weighted by molar-refractivity contribution is -0.907. The van der Waals surface area contributed by atoms with Gasteiger partial charge in [0, 0.05) is 11.5 Å². The number of nitrogens with one attached hydrogen (secondary N) is 1. The Morgan fingerprint density at radius 1 is 1.17 bits per heavy atom. The lowest BCUT2D eigenvalue weighted by Gasteiger charge is -2.34. The van der Waals surface area contributed by atoms with Crippen molar-refractivity contribution < 1.29 is 14.4 Å². The lowest BCUT2D eigenvalue weighted by Crippen LogP contribution is -3.15. The zero-order valence-electron chi connectivity index (χ0n) is 14.4. The van der Waals surface area contributed by atoms with Crippen LogP contribution in [0.4, 0.5) is 0 Å². The lowest BCUT2D eigenvalue weighted by atomic mass is 9.93. The zero-order valence-corrected chi connectivity index (χ0v) is 14.4. The van der Waals surface area contributed by atoms with E-state index in [4.69, 9.17) is 4.74 Å². The number of benzene rings is 1. The number of carbonyl (C=O) groups is 1. The molecule has 3 atom stereocenters. The van der Waals surface area contributed by atoms with Gasteiger partial charge in [0.15, 0.2) is 0 Å². The summed E-state index contributed by atoms with van der Waals surface area (Å²) in [6, 6.07) is 7.44. The molecule has 1 aromatic carbocycles. The van der Waals surface area contributed by atoms with E-state index in [9.17, 15) is 4.79 Å². The van der Waals surface area contributed by atoms with Crippen molar-refractivity contribution in [2.24, 2.45) is 17.8 Å². The summed E-state index contributed by atoms with van der Waals surface area (Å²) in [5.74, 6) is 3.51. The van der Waals surface area contributed by atoms with E-state index in [1.54, 1.807) is 12.0 Å². The van der Waals surface area contributed by atoms with Gasteiger partial charge in [0.25, 0.3) is 5.91 Å². The first-order valence-corrected chi connectivity index (χ1v) is 9.18. The summed E-state index contributed by atoms with van der Waals surface area (Å²) < 4.78 is 5.16. The van der Waals surface area contributed by atoms with E-state index in [1.807, 2.05) is 29.2 Å². The zero-order chi connectivity index (χ0) is 16.5. The fourth-order valence-electron chi connectivity index (χ4n) is 4.65. The number of rotatable bonds is 4. The third-order valence-corrected chi connectivity index (χ3v) is 6.06. The number of amides is 1. The molecule has 1 saturated heterocycles. The number of hydrogen-bond donors (Lipinski definition) is 1. The number of allylic oxidation sites excluding steroid dienone is 2. The largest absolute Gasteiger partial charge is 0.497 e. The van der Waals surface area contributed by atoms with Gasteiger partial charge in [-0.1, -0.05) is 12.2 Å². The first-order chi connectivity index (χ1) is 11.7. The number of hydrogen-bond acceptors (Lipinski definition) is 2. The number of ether oxygens (including phenoxy) is 1. The van der Waals surface area contributed by atoms with Gasteiger partial charge in [0.1, 0.15) is 5.75 Å². The Balaban J connectivity index is 1.29. The predicted octanol–water partition coefficient (Wildman–Crippen LogP) is 1.25. The minimum Gasteiger partial charge on any atom is -0.497 e. The van der Waals surface area contributed by atoms with Gasteiger partial charge in [0.05, 0.1) is 39.8 Å². The van der Waals surface area contributed by atoms with Crippen LogP contribution in [-0.4, -0.2) is 50.6 Å². The smallest absolute Gasteiger partial charge is 0.254 e. The molecule has 128 valence electrons. The van der Waals surface area contributed by atoms with Gasteiger partial charge in [0.2, 0.25) is 0 Å². The first-order valence-electron chi connectivity index (χ1n) is 9.18. The summed E-state index contributed by atoms with van der Waals surface area (Å²) in [7, 11) is 1.64. The minimum absolute atomic E-state index is 0.152. The number of nitrogens with zero attached hydrogens (tertiary/aromatic N) is 1. The molecule has 1 saturated carbocycles. The van der Waals surface area contributed by atoms with Gasteiger partial charge >= 0.3 is 0 Å². The van der Waals surface area contributed by atoms with Crippen LogP contribution in [0.2, 0.25) is 0 Å². The van der Waals surface area contributed by atoms with Crippen molar-refractivity contribution in [1.29, 1.82) is 0 Å². The number of carbonyl (C=O) groups excluding carboxylic acids is 1. The summed E-state index contributed by atoms with van der Waals surface area (Å²) in [6.07, 6.45) is 7.64. The molecule has 4 heteroatoms. The Morgan fingerprint density at radius 3 is 2.50 bits per heavy atom. The van der Waals surface area contributed by atoms with E-state index in [-0.39, 0.29) is 5.91 Å². The fourth-order valence-corrected chi connectivity index (χ4v) is 4.65. The number of piperazine rings is 1. The molecule has 1 aliphatic heterocycles. The molecule has 4 rings (SSSR count). The molecule has 0 aromatic heterocycles. The van der Waals surface area contributed by atoms with E-state index in [0.29, 0.717) is 0 Å². The van der Waals surface area contributed by atoms with Crippen LogP contribution >= 0.6 is 0 Å². The Hall–Kier alpha value is -1.81. The van der Waals surface area contributed by atoms with Crippen LogP contribution in [0.3, 0.4) is 0 Å². The monoisotopic (exact) mass is 327 g/mol.